The van der Waals surface area contributed by atoms with E-state index in [0.717, 1.165) is 24.5 Å². The van der Waals surface area contributed by atoms with Crippen LogP contribution in [0.5, 0.6) is 5.75 Å². The number of nitrogens with zero attached hydrogens (tertiary/aromatic N) is 1. The van der Waals surface area contributed by atoms with E-state index in [2.05, 4.69) is 4.90 Å². The number of benzene rings is 1. The maximum absolute atomic E-state index is 5.81. The molecule has 1 fully saturated rings. The molecule has 2 N–H and O–H groups in total. The molecule has 1 aliphatic rings. The van der Waals surface area contributed by atoms with Gasteiger partial charge in [-0.15, -0.1) is 0 Å². The third-order valence-corrected chi connectivity index (χ3v) is 3.53. The highest BCUT2D eigenvalue weighted by atomic mass is 16.5. The molecule has 3 heteroatoms. The topological polar surface area (TPSA) is 38.5 Å². The lowest BCUT2D eigenvalue weighted by molar-refractivity contribution is 0.183. The molecule has 1 atom stereocenters. The molecule has 0 amide bonds. The predicted molar refractivity (Wildman–Crippen MR) is 74.8 cm³/mol. The summed E-state index contributed by atoms with van der Waals surface area (Å²) in [5.41, 5.74) is 6.97. The molecule has 2 rings (SSSR count). The fourth-order valence-electron chi connectivity index (χ4n) is 2.34. The van der Waals surface area contributed by atoms with Crippen molar-refractivity contribution in [2.45, 2.75) is 32.2 Å². The Kier molecular flexibility index (Phi) is 5.02. The van der Waals surface area contributed by atoms with Crippen molar-refractivity contribution >= 4 is 0 Å². The summed E-state index contributed by atoms with van der Waals surface area (Å²) in [6.45, 7) is 6.26. The lowest BCUT2D eigenvalue weighted by atomic mass is 10.1. The molecule has 1 aliphatic heterocycles. The summed E-state index contributed by atoms with van der Waals surface area (Å²) in [6.07, 6.45) is 4.06. The van der Waals surface area contributed by atoms with E-state index in [1.54, 1.807) is 0 Å². The first kappa shape index (κ1) is 13.4. The normalized spacial score (nSPS) is 18.6. The molecule has 0 bridgehead atoms. The first-order chi connectivity index (χ1) is 8.75. The van der Waals surface area contributed by atoms with Crippen molar-refractivity contribution in [3.05, 3.63) is 29.8 Å². The summed E-state index contributed by atoms with van der Waals surface area (Å²) in [5, 5.41) is 0. The molecule has 100 valence electrons. The van der Waals surface area contributed by atoms with Crippen molar-refractivity contribution in [2.75, 3.05) is 26.2 Å². The van der Waals surface area contributed by atoms with Crippen molar-refractivity contribution in [2.24, 2.45) is 5.73 Å². The molecule has 0 radical (unpaired) electrons. The van der Waals surface area contributed by atoms with E-state index in [9.17, 15) is 0 Å². The van der Waals surface area contributed by atoms with Crippen LogP contribution in [0, 0.1) is 0 Å². The first-order valence-electron chi connectivity index (χ1n) is 6.96. The molecule has 0 unspecified atom stereocenters. The van der Waals surface area contributed by atoms with E-state index < -0.39 is 0 Å². The molecule has 1 aromatic carbocycles. The van der Waals surface area contributed by atoms with Crippen LogP contribution in [-0.2, 0) is 0 Å². The van der Waals surface area contributed by atoms with Gasteiger partial charge in [0.25, 0.3) is 0 Å². The lowest BCUT2D eigenvalue weighted by Crippen LogP contribution is -2.33. The van der Waals surface area contributed by atoms with Gasteiger partial charge in [-0.3, -0.25) is 4.90 Å². The summed E-state index contributed by atoms with van der Waals surface area (Å²) in [7, 11) is 0. The monoisotopic (exact) mass is 248 g/mol. The molecule has 3 nitrogen and oxygen atoms in total. The summed E-state index contributed by atoms with van der Waals surface area (Å²) < 4.78 is 5.76. The molecule has 0 aromatic heterocycles. The van der Waals surface area contributed by atoms with Gasteiger partial charge in [0.2, 0.25) is 0 Å². The Bertz CT molecular complexity index is 342. The highest BCUT2D eigenvalue weighted by molar-refractivity contribution is 5.28. The van der Waals surface area contributed by atoms with Gasteiger partial charge in [-0.05, 0) is 50.6 Å². The molecular formula is C15H24N2O. The smallest absolute Gasteiger partial charge is 0.119 e. The number of piperidine rings is 1. The third kappa shape index (κ3) is 4.00. The average Bonchev–Trinajstić information content (AvgIpc) is 2.40. The van der Waals surface area contributed by atoms with Gasteiger partial charge in [0.1, 0.15) is 12.4 Å². The van der Waals surface area contributed by atoms with Crippen molar-refractivity contribution in [1.29, 1.82) is 0 Å². The van der Waals surface area contributed by atoms with E-state index in [0.29, 0.717) is 0 Å². The molecule has 1 saturated heterocycles. The zero-order valence-electron chi connectivity index (χ0n) is 11.3. The Hall–Kier alpha value is -1.06. The van der Waals surface area contributed by atoms with Crippen LogP contribution < -0.4 is 10.5 Å². The second kappa shape index (κ2) is 6.76. The standard InChI is InChI=1S/C15H24N2O/c1-13(16)14-5-7-15(8-6-14)18-12-11-17-9-3-2-4-10-17/h5-8,13H,2-4,9-12,16H2,1H3/t13-/m1/s1. The third-order valence-electron chi connectivity index (χ3n) is 3.53. The fourth-order valence-corrected chi connectivity index (χ4v) is 2.34. The highest BCUT2D eigenvalue weighted by Crippen LogP contribution is 2.16. The van der Waals surface area contributed by atoms with Gasteiger partial charge in [-0.25, -0.2) is 0 Å². The minimum absolute atomic E-state index is 0.0902. The van der Waals surface area contributed by atoms with Crippen molar-refractivity contribution in [1.82, 2.24) is 4.90 Å². The van der Waals surface area contributed by atoms with Crippen LogP contribution in [0.15, 0.2) is 24.3 Å². The van der Waals surface area contributed by atoms with Crippen LogP contribution in [0.3, 0.4) is 0 Å². The van der Waals surface area contributed by atoms with Gasteiger partial charge in [0.15, 0.2) is 0 Å². The van der Waals surface area contributed by atoms with E-state index in [4.69, 9.17) is 10.5 Å². The second-order valence-corrected chi connectivity index (χ2v) is 5.11. The minimum atomic E-state index is 0.0902. The Labute approximate surface area is 110 Å². The molecule has 1 aromatic rings. The van der Waals surface area contributed by atoms with Gasteiger partial charge in [0, 0.05) is 12.6 Å². The van der Waals surface area contributed by atoms with Crippen molar-refractivity contribution in [3.63, 3.8) is 0 Å². The highest BCUT2D eigenvalue weighted by Gasteiger charge is 2.09. The Balaban J connectivity index is 1.72. The Morgan fingerprint density at radius 2 is 1.83 bits per heavy atom. The quantitative estimate of drug-likeness (QED) is 0.870. The summed E-state index contributed by atoms with van der Waals surface area (Å²) in [4.78, 5) is 2.49. The maximum Gasteiger partial charge on any atom is 0.119 e. The summed E-state index contributed by atoms with van der Waals surface area (Å²) in [5.74, 6) is 0.941. The Morgan fingerprint density at radius 3 is 2.44 bits per heavy atom. The zero-order valence-corrected chi connectivity index (χ0v) is 11.3. The SMILES string of the molecule is C[C@@H](N)c1ccc(OCCN2CCCCC2)cc1. The van der Waals surface area contributed by atoms with E-state index in [-0.39, 0.29) is 6.04 Å². The second-order valence-electron chi connectivity index (χ2n) is 5.11. The van der Waals surface area contributed by atoms with Crippen LogP contribution >= 0.6 is 0 Å². The van der Waals surface area contributed by atoms with Gasteiger partial charge in [0.05, 0.1) is 0 Å². The van der Waals surface area contributed by atoms with Crippen LogP contribution in [0.2, 0.25) is 0 Å². The van der Waals surface area contributed by atoms with Gasteiger partial charge in [-0.1, -0.05) is 18.6 Å². The zero-order chi connectivity index (χ0) is 12.8. The number of ether oxygens (including phenoxy) is 1. The van der Waals surface area contributed by atoms with Gasteiger partial charge in [-0.2, -0.15) is 0 Å². The van der Waals surface area contributed by atoms with Gasteiger partial charge < -0.3 is 10.5 Å². The first-order valence-corrected chi connectivity index (χ1v) is 6.96. The van der Waals surface area contributed by atoms with Crippen LogP contribution in [0.25, 0.3) is 0 Å². The van der Waals surface area contributed by atoms with Gasteiger partial charge >= 0.3 is 0 Å². The number of rotatable bonds is 5. The predicted octanol–water partition coefficient (Wildman–Crippen LogP) is 2.57. The molecule has 0 saturated carbocycles. The van der Waals surface area contributed by atoms with E-state index >= 15 is 0 Å². The fraction of sp³-hybridized carbons (Fsp3) is 0.600. The maximum atomic E-state index is 5.81. The minimum Gasteiger partial charge on any atom is -0.492 e. The molecule has 0 aliphatic carbocycles. The van der Waals surface area contributed by atoms with Crippen LogP contribution in [-0.4, -0.2) is 31.1 Å². The largest absolute Gasteiger partial charge is 0.492 e. The summed E-state index contributed by atoms with van der Waals surface area (Å²) in [6, 6.07) is 8.19. The van der Waals surface area contributed by atoms with E-state index in [1.165, 1.54) is 32.4 Å². The number of hydrogen-bond acceptors (Lipinski definition) is 3. The Morgan fingerprint density at radius 1 is 1.17 bits per heavy atom. The number of hydrogen-bond donors (Lipinski definition) is 1. The van der Waals surface area contributed by atoms with E-state index in [1.807, 2.05) is 31.2 Å². The van der Waals surface area contributed by atoms with Crippen molar-refractivity contribution < 1.29 is 4.74 Å². The molecule has 18 heavy (non-hydrogen) atoms. The van der Waals surface area contributed by atoms with Crippen LogP contribution in [0.1, 0.15) is 37.8 Å². The summed E-state index contributed by atoms with van der Waals surface area (Å²) >= 11 is 0. The number of nitrogens with two attached hydrogens (primary N) is 1. The molecular weight excluding hydrogens is 224 g/mol. The average molecular weight is 248 g/mol. The lowest BCUT2D eigenvalue weighted by Gasteiger charge is -2.26. The van der Waals surface area contributed by atoms with Crippen LogP contribution in [0.4, 0.5) is 0 Å². The van der Waals surface area contributed by atoms with Crippen molar-refractivity contribution in [3.8, 4) is 5.75 Å². The number of likely N-dealkylation sites (tertiary alicyclic amines) is 1. The molecule has 0 spiro atoms. The molecule has 1 heterocycles.